The molecule has 1 aromatic carbocycles. The molecule has 0 bridgehead atoms. The molecule has 0 unspecified atom stereocenters. The van der Waals surface area contributed by atoms with Crippen LogP contribution >= 0.6 is 0 Å². The molecule has 0 aliphatic carbocycles. The summed E-state index contributed by atoms with van der Waals surface area (Å²) in [6.45, 7) is 5.20. The van der Waals surface area contributed by atoms with E-state index < -0.39 is 17.2 Å². The zero-order chi connectivity index (χ0) is 19.3. The molecule has 3 N–H and O–H groups in total. The number of hydrazine groups is 1. The number of nitrogens with zero attached hydrogens (tertiary/aromatic N) is 3. The summed E-state index contributed by atoms with van der Waals surface area (Å²) in [5.74, 6) is 4.34. The second-order valence-corrected chi connectivity index (χ2v) is 7.14. The van der Waals surface area contributed by atoms with Crippen molar-refractivity contribution in [2.45, 2.75) is 13.0 Å². The van der Waals surface area contributed by atoms with Crippen molar-refractivity contribution in [3.8, 4) is 5.75 Å². The molecule has 0 spiro atoms. The molecule has 1 amide bonds. The van der Waals surface area contributed by atoms with E-state index in [-0.39, 0.29) is 17.0 Å². The third-order valence-electron chi connectivity index (χ3n) is 5.34. The Bertz CT molecular complexity index is 981. The van der Waals surface area contributed by atoms with E-state index in [4.69, 9.17) is 10.6 Å². The lowest BCUT2D eigenvalue weighted by molar-refractivity contribution is 0.0951. The number of rotatable bonds is 2. The summed E-state index contributed by atoms with van der Waals surface area (Å²) in [4.78, 5) is 28.9. The normalized spacial score (nSPS) is 19.9. The zero-order valence-electron chi connectivity index (χ0n) is 15.3. The van der Waals surface area contributed by atoms with Crippen molar-refractivity contribution in [2.24, 2.45) is 5.84 Å². The number of hydrogen-bond donors (Lipinski definition) is 2. The number of nitrogens with two attached hydrogens (primary N) is 1. The quantitative estimate of drug-likeness (QED) is 0.450. The summed E-state index contributed by atoms with van der Waals surface area (Å²) < 4.78 is 22.8. The average molecular weight is 375 g/mol. The Morgan fingerprint density at radius 2 is 2.04 bits per heavy atom. The number of carbonyl (C=O) groups is 1. The third-order valence-corrected chi connectivity index (χ3v) is 5.34. The van der Waals surface area contributed by atoms with Crippen molar-refractivity contribution in [3.63, 3.8) is 0 Å². The number of hydrogen-bond acceptors (Lipinski definition) is 6. The minimum atomic E-state index is -0.700. The largest absolute Gasteiger partial charge is 0.487 e. The Kier molecular flexibility index (Phi) is 4.27. The first kappa shape index (κ1) is 17.7. The maximum atomic E-state index is 15.1. The van der Waals surface area contributed by atoms with Gasteiger partial charge < -0.3 is 19.1 Å². The van der Waals surface area contributed by atoms with Crippen LogP contribution in [-0.4, -0.2) is 55.2 Å². The Morgan fingerprint density at radius 3 is 2.70 bits per heavy atom. The highest BCUT2D eigenvalue weighted by Gasteiger charge is 2.30. The molecule has 2 aliphatic rings. The van der Waals surface area contributed by atoms with Gasteiger partial charge in [-0.25, -0.2) is 10.2 Å². The summed E-state index contributed by atoms with van der Waals surface area (Å²) in [6, 6.07) is 1.09. The van der Waals surface area contributed by atoms with Gasteiger partial charge in [-0.15, -0.1) is 0 Å². The highest BCUT2D eigenvalue weighted by molar-refractivity contribution is 5.99. The standard InChI is InChI=1S/C18H22FN5O3/c1-10-9-27-17-14-11(16(25)12(8-24(10)14)18(26)21-20)7-13(19)15(17)23-5-3-22(2)4-6-23/h7-8,10H,3-6,9,20H2,1-2H3,(H,21,26)/t10-/m0/s1. The predicted molar refractivity (Wildman–Crippen MR) is 99.7 cm³/mol. The lowest BCUT2D eigenvalue weighted by Gasteiger charge is -2.37. The van der Waals surface area contributed by atoms with Crippen LogP contribution in [0.1, 0.15) is 23.3 Å². The molecule has 2 aliphatic heterocycles. The molecule has 1 fully saturated rings. The van der Waals surface area contributed by atoms with Crippen LogP contribution in [0.2, 0.25) is 0 Å². The van der Waals surface area contributed by atoms with Crippen molar-refractivity contribution >= 4 is 22.5 Å². The zero-order valence-corrected chi connectivity index (χ0v) is 15.3. The van der Waals surface area contributed by atoms with Crippen molar-refractivity contribution in [3.05, 3.63) is 33.9 Å². The predicted octanol–water partition coefficient (Wildman–Crippen LogP) is 0.449. The fraction of sp³-hybridized carbons (Fsp3) is 0.444. The molecule has 144 valence electrons. The molecule has 0 saturated carbocycles. The molecule has 9 heteroatoms. The van der Waals surface area contributed by atoms with E-state index in [0.717, 1.165) is 13.1 Å². The van der Waals surface area contributed by atoms with E-state index in [1.807, 2.05) is 24.3 Å². The van der Waals surface area contributed by atoms with Gasteiger partial charge in [0.2, 0.25) is 5.43 Å². The van der Waals surface area contributed by atoms with Gasteiger partial charge in [0.15, 0.2) is 11.6 Å². The van der Waals surface area contributed by atoms with E-state index >= 15 is 4.39 Å². The topological polar surface area (TPSA) is 92.8 Å². The molecule has 3 heterocycles. The lowest BCUT2D eigenvalue weighted by Crippen LogP contribution is -2.45. The minimum absolute atomic E-state index is 0.114. The van der Waals surface area contributed by atoms with E-state index in [1.54, 1.807) is 4.57 Å². The van der Waals surface area contributed by atoms with Crippen LogP contribution in [-0.2, 0) is 0 Å². The Hall–Kier alpha value is -2.65. The van der Waals surface area contributed by atoms with Crippen LogP contribution in [0.3, 0.4) is 0 Å². The van der Waals surface area contributed by atoms with Crippen LogP contribution in [0.4, 0.5) is 10.1 Å². The fourth-order valence-corrected chi connectivity index (χ4v) is 3.78. The van der Waals surface area contributed by atoms with Gasteiger partial charge in [0.1, 0.15) is 17.9 Å². The number of piperazine rings is 1. The molecule has 0 radical (unpaired) electrons. The van der Waals surface area contributed by atoms with E-state index in [2.05, 4.69) is 4.90 Å². The smallest absolute Gasteiger partial charge is 0.270 e. The van der Waals surface area contributed by atoms with Crippen LogP contribution in [0.15, 0.2) is 17.1 Å². The van der Waals surface area contributed by atoms with Gasteiger partial charge in [-0.3, -0.25) is 15.0 Å². The monoisotopic (exact) mass is 375 g/mol. The number of benzene rings is 1. The first-order valence-electron chi connectivity index (χ1n) is 8.91. The minimum Gasteiger partial charge on any atom is -0.487 e. The van der Waals surface area contributed by atoms with Crippen LogP contribution in [0.5, 0.6) is 5.75 Å². The second kappa shape index (κ2) is 6.50. The second-order valence-electron chi connectivity index (χ2n) is 7.14. The molecule has 8 nitrogen and oxygen atoms in total. The molecule has 1 atom stereocenters. The summed E-state index contributed by atoms with van der Waals surface area (Å²) in [6.07, 6.45) is 1.48. The van der Waals surface area contributed by atoms with Gasteiger partial charge in [0.05, 0.1) is 16.9 Å². The van der Waals surface area contributed by atoms with E-state index in [9.17, 15) is 9.59 Å². The van der Waals surface area contributed by atoms with Gasteiger partial charge in [-0.2, -0.15) is 0 Å². The Labute approximate surface area is 155 Å². The van der Waals surface area contributed by atoms with E-state index in [0.29, 0.717) is 36.6 Å². The number of nitrogen functional groups attached to an aromatic ring is 1. The van der Waals surface area contributed by atoms with Crippen molar-refractivity contribution in [1.82, 2.24) is 14.9 Å². The lowest BCUT2D eigenvalue weighted by atomic mass is 10.0. The van der Waals surface area contributed by atoms with E-state index in [1.165, 1.54) is 12.3 Å². The third kappa shape index (κ3) is 2.74. The van der Waals surface area contributed by atoms with Crippen molar-refractivity contribution in [2.75, 3.05) is 44.7 Å². The number of anilines is 1. The van der Waals surface area contributed by atoms with Crippen molar-refractivity contribution < 1.29 is 13.9 Å². The molecule has 1 aromatic heterocycles. The van der Waals surface area contributed by atoms with Crippen LogP contribution < -0.4 is 26.3 Å². The van der Waals surface area contributed by atoms with Gasteiger partial charge in [0, 0.05) is 32.4 Å². The SMILES string of the molecule is C[C@H]1COc2c(N3CCN(C)CC3)c(F)cc3c(=O)c(C(=O)NN)cn1c23. The molecule has 1 saturated heterocycles. The summed E-state index contributed by atoms with van der Waals surface area (Å²) in [5.41, 5.74) is 2.20. The molecular formula is C18H22FN5O3. The number of likely N-dealkylation sites (N-methyl/N-ethyl adjacent to an activating group) is 1. The average Bonchev–Trinajstić information content (AvgIpc) is 2.66. The Balaban J connectivity index is 1.99. The maximum absolute atomic E-state index is 15.1. The summed E-state index contributed by atoms with van der Waals surface area (Å²) >= 11 is 0. The Morgan fingerprint density at radius 1 is 1.33 bits per heavy atom. The molecule has 2 aromatic rings. The number of carbonyl (C=O) groups excluding carboxylic acids is 1. The van der Waals surface area contributed by atoms with Crippen LogP contribution in [0, 0.1) is 5.82 Å². The molecule has 4 rings (SSSR count). The van der Waals surface area contributed by atoms with Gasteiger partial charge in [0.25, 0.3) is 5.91 Å². The first-order chi connectivity index (χ1) is 12.9. The van der Waals surface area contributed by atoms with Crippen molar-refractivity contribution in [1.29, 1.82) is 0 Å². The maximum Gasteiger partial charge on any atom is 0.270 e. The van der Waals surface area contributed by atoms with Gasteiger partial charge >= 0.3 is 0 Å². The first-order valence-corrected chi connectivity index (χ1v) is 8.91. The number of halogens is 1. The number of aromatic nitrogens is 1. The van der Waals surface area contributed by atoms with Gasteiger partial charge in [-0.1, -0.05) is 0 Å². The van der Waals surface area contributed by atoms with Gasteiger partial charge in [-0.05, 0) is 20.0 Å². The summed E-state index contributed by atoms with van der Waals surface area (Å²) in [7, 11) is 2.03. The summed E-state index contributed by atoms with van der Waals surface area (Å²) in [5, 5.41) is 0.119. The van der Waals surface area contributed by atoms with Crippen LogP contribution in [0.25, 0.3) is 10.9 Å². The fourth-order valence-electron chi connectivity index (χ4n) is 3.78. The molecule has 27 heavy (non-hydrogen) atoms. The number of pyridine rings is 1. The highest BCUT2D eigenvalue weighted by atomic mass is 19.1. The number of nitrogens with one attached hydrogen (secondary N) is 1. The molecular weight excluding hydrogens is 353 g/mol. The highest BCUT2D eigenvalue weighted by Crippen LogP contribution is 2.42. The number of ether oxygens (including phenoxy) is 1. The number of amides is 1.